The monoisotopic (exact) mass is 759 g/mol. The minimum atomic E-state index is -1.87. The molecule has 22 heteroatoms. The molecule has 2 aromatic heterocycles. The number of ketones is 1. The third kappa shape index (κ3) is 6.26. The molecule has 52 heavy (non-hydrogen) atoms. The van der Waals surface area contributed by atoms with E-state index < -0.39 is 103 Å². The number of phenols is 2. The summed E-state index contributed by atoms with van der Waals surface area (Å²) in [5.74, 6) is -10.1. The van der Waals surface area contributed by atoms with Crippen LogP contribution in [0.25, 0.3) is 10.9 Å². The molecule has 274 valence electrons. The van der Waals surface area contributed by atoms with Crippen molar-refractivity contribution in [1.82, 2.24) is 19.8 Å². The number of nitrogens with two attached hydrogens (primary N) is 2. The average Bonchev–Trinajstić information content (AvgIpc) is 3.51. The van der Waals surface area contributed by atoms with E-state index in [9.17, 15) is 59.1 Å². The molecular weight excluding hydrogens is 731 g/mol. The second-order valence-corrected chi connectivity index (χ2v) is 13.8. The van der Waals surface area contributed by atoms with E-state index in [-0.39, 0.29) is 34.2 Å². The van der Waals surface area contributed by atoms with Gasteiger partial charge in [-0.1, -0.05) is 5.16 Å². The molecule has 0 aliphatic carbocycles. The van der Waals surface area contributed by atoms with Gasteiger partial charge < -0.3 is 51.7 Å². The van der Waals surface area contributed by atoms with Crippen LogP contribution >= 0.6 is 23.1 Å². The van der Waals surface area contributed by atoms with Gasteiger partial charge in [0.2, 0.25) is 11.0 Å². The van der Waals surface area contributed by atoms with Crippen LogP contribution in [0.3, 0.4) is 0 Å². The number of carbonyl (C=O) groups excluding carboxylic acids is 3. The van der Waals surface area contributed by atoms with Gasteiger partial charge in [0.05, 0.1) is 22.5 Å². The van der Waals surface area contributed by atoms with Crippen LogP contribution in [0.1, 0.15) is 47.2 Å². The Balaban J connectivity index is 1.47. The number of thiazole rings is 1. The topological polar surface area (TPSA) is 327 Å². The number of aromatic nitrogens is 2. The van der Waals surface area contributed by atoms with Crippen LogP contribution < -0.4 is 22.2 Å². The number of carbonyl (C=O) groups is 6. The number of carboxylic acids is 3. The maximum atomic E-state index is 13.8. The number of hydrogen-bond donors (Lipinski definition) is 8. The number of carboxylic acid groups (broad SMARTS) is 3. The lowest BCUT2D eigenvalue weighted by atomic mass is 9.93. The van der Waals surface area contributed by atoms with Gasteiger partial charge in [-0.25, -0.2) is 19.4 Å². The van der Waals surface area contributed by atoms with E-state index in [2.05, 4.69) is 15.5 Å². The number of amides is 2. The van der Waals surface area contributed by atoms with Crippen molar-refractivity contribution in [3.63, 3.8) is 0 Å². The molecule has 10 N–H and O–H groups in total. The SMILES string of the molecule is CCn1cc(C(=O)C(N)C2=C(C(=O)O)N3C(=O)C(NC(=O)/C(=N\OC(C)(C)C(=O)O)c4csc(N)n4)[C@H]3SC2)c(=O)c2c(C(=O)O)c(O)c(O)cc21. The van der Waals surface area contributed by atoms with Crippen molar-refractivity contribution in [3.05, 3.63) is 56.0 Å². The lowest BCUT2D eigenvalue weighted by Gasteiger charge is -2.49. The number of benzene rings is 1. The van der Waals surface area contributed by atoms with Crippen LogP contribution in [0.4, 0.5) is 5.13 Å². The molecule has 1 saturated heterocycles. The number of phenolic OH excluding ortho intramolecular Hbond substituents is 1. The van der Waals surface area contributed by atoms with Gasteiger partial charge in [-0.3, -0.25) is 24.1 Å². The maximum Gasteiger partial charge on any atom is 0.352 e. The number of aliphatic carboxylic acids is 2. The first-order valence-electron chi connectivity index (χ1n) is 14.9. The first-order chi connectivity index (χ1) is 24.3. The van der Waals surface area contributed by atoms with Crippen molar-refractivity contribution in [2.45, 2.75) is 50.4 Å². The lowest BCUT2D eigenvalue weighted by Crippen LogP contribution is -2.71. The normalized spacial score (nSPS) is 18.0. The van der Waals surface area contributed by atoms with E-state index in [1.807, 2.05) is 0 Å². The third-order valence-electron chi connectivity index (χ3n) is 8.15. The van der Waals surface area contributed by atoms with Gasteiger partial charge >= 0.3 is 17.9 Å². The Morgan fingerprint density at radius 3 is 2.38 bits per heavy atom. The van der Waals surface area contributed by atoms with Gasteiger partial charge in [0.25, 0.3) is 11.8 Å². The van der Waals surface area contributed by atoms with Crippen LogP contribution in [-0.4, -0.2) is 110 Å². The van der Waals surface area contributed by atoms with E-state index >= 15 is 0 Å². The van der Waals surface area contributed by atoms with Crippen molar-refractivity contribution in [1.29, 1.82) is 0 Å². The molecule has 0 saturated carbocycles. The quantitative estimate of drug-likeness (QED) is 0.0386. The van der Waals surface area contributed by atoms with Crippen LogP contribution in [0.2, 0.25) is 0 Å². The van der Waals surface area contributed by atoms with Crippen LogP contribution in [0.15, 0.2) is 38.9 Å². The van der Waals surface area contributed by atoms with Gasteiger partial charge in [-0.2, -0.15) is 0 Å². The Morgan fingerprint density at radius 1 is 1.15 bits per heavy atom. The van der Waals surface area contributed by atoms with E-state index in [0.717, 1.165) is 40.3 Å². The molecule has 1 fully saturated rings. The number of fused-ring (bicyclic) bond motifs is 2. The summed E-state index contributed by atoms with van der Waals surface area (Å²) in [4.78, 5) is 100. The second-order valence-electron chi connectivity index (χ2n) is 11.8. The summed E-state index contributed by atoms with van der Waals surface area (Å²) >= 11 is 1.86. The zero-order valence-electron chi connectivity index (χ0n) is 27.1. The molecule has 4 heterocycles. The van der Waals surface area contributed by atoms with Gasteiger partial charge in [0, 0.05) is 29.9 Å². The first-order valence-corrected chi connectivity index (χ1v) is 16.8. The van der Waals surface area contributed by atoms with Crippen molar-refractivity contribution in [2.75, 3.05) is 11.5 Å². The summed E-state index contributed by atoms with van der Waals surface area (Å²) < 4.78 is 1.26. The highest BCUT2D eigenvalue weighted by molar-refractivity contribution is 8.00. The number of aromatic carboxylic acids is 1. The molecule has 2 unspecified atom stereocenters. The van der Waals surface area contributed by atoms with Crippen LogP contribution in [0, 0.1) is 0 Å². The summed E-state index contributed by atoms with van der Waals surface area (Å²) in [6, 6.07) is -2.22. The Bertz CT molecular complexity index is 2230. The average molecular weight is 760 g/mol. The van der Waals surface area contributed by atoms with Crippen LogP contribution in [-0.2, 0) is 30.6 Å². The summed E-state index contributed by atoms with van der Waals surface area (Å²) in [5.41, 5.74) is 5.60. The smallest absolute Gasteiger partial charge is 0.352 e. The first kappa shape index (κ1) is 37.3. The van der Waals surface area contributed by atoms with Crippen molar-refractivity contribution >= 4 is 80.4 Å². The Labute approximate surface area is 299 Å². The molecule has 5 rings (SSSR count). The van der Waals surface area contributed by atoms with Crippen molar-refractivity contribution in [3.8, 4) is 11.5 Å². The predicted molar refractivity (Wildman–Crippen MR) is 182 cm³/mol. The molecular formula is C30H29N7O13S2. The molecule has 0 bridgehead atoms. The predicted octanol–water partition coefficient (Wildman–Crippen LogP) is -0.298. The van der Waals surface area contributed by atoms with Gasteiger partial charge in [-0.05, 0) is 26.3 Å². The number of β-lactam (4-membered cyclic amide) rings is 1. The van der Waals surface area contributed by atoms with E-state index in [1.165, 1.54) is 23.8 Å². The van der Waals surface area contributed by atoms with E-state index in [4.69, 9.17) is 16.3 Å². The summed E-state index contributed by atoms with van der Waals surface area (Å²) in [6.45, 7) is 3.98. The number of Topliss-reactive ketones (excluding diaryl/α,β-unsaturated/α-hetero) is 1. The minimum absolute atomic E-state index is 0.0356. The Kier molecular flexibility index (Phi) is 9.75. The molecule has 0 spiro atoms. The Hall–Kier alpha value is -6.00. The fourth-order valence-corrected chi connectivity index (χ4v) is 7.33. The van der Waals surface area contributed by atoms with Gasteiger partial charge in [0.1, 0.15) is 28.4 Å². The number of pyridine rings is 1. The number of anilines is 1. The largest absolute Gasteiger partial charge is 0.504 e. The highest BCUT2D eigenvalue weighted by atomic mass is 32.2. The fraction of sp³-hybridized carbons (Fsp3) is 0.300. The molecule has 2 aliphatic heterocycles. The molecule has 3 atom stereocenters. The number of aryl methyl sites for hydroxylation is 1. The number of nitrogens with zero attached hydrogens (tertiary/aromatic N) is 4. The highest BCUT2D eigenvalue weighted by Crippen LogP contribution is 2.41. The number of aromatic hydroxyl groups is 2. The molecule has 2 aliphatic rings. The number of hydrogen-bond acceptors (Lipinski definition) is 16. The number of thioether (sulfide) groups is 1. The van der Waals surface area contributed by atoms with Crippen LogP contribution in [0.5, 0.6) is 11.5 Å². The number of oxime groups is 1. The van der Waals surface area contributed by atoms with Gasteiger partial charge in [-0.15, -0.1) is 23.1 Å². The zero-order chi connectivity index (χ0) is 38.6. The minimum Gasteiger partial charge on any atom is -0.504 e. The molecule has 2 amide bonds. The highest BCUT2D eigenvalue weighted by Gasteiger charge is 2.55. The second kappa shape index (κ2) is 13.6. The summed E-state index contributed by atoms with van der Waals surface area (Å²) in [5, 5.41) is 55.5. The van der Waals surface area contributed by atoms with Gasteiger partial charge in [0.15, 0.2) is 28.1 Å². The Morgan fingerprint density at radius 2 is 1.83 bits per heavy atom. The molecule has 20 nitrogen and oxygen atoms in total. The van der Waals surface area contributed by atoms with E-state index in [1.54, 1.807) is 6.92 Å². The summed E-state index contributed by atoms with van der Waals surface area (Å²) in [6.07, 6.45) is 1.06. The van der Waals surface area contributed by atoms with Crippen molar-refractivity contribution < 1.29 is 59.1 Å². The number of rotatable bonds is 12. The number of nitrogen functional groups attached to an aromatic ring is 1. The standard InChI is InChI=1S/C30H29N7O13S2/c1-4-36-6-9(20(39)14-12(36)5-13(38)22(41)15(14)26(44)45)21(40)16(31)10-7-51-25-18(24(43)37(25)19(10)27(46)47)34-23(42)17(11-8-52-29(32)33-11)35-50-30(2,3)28(48)49/h5-6,8,16,18,25,38,41H,4,7,31H2,1-3H3,(H2,32,33)(H,34,42)(H,44,45)(H,46,47)(H,48,49)/b35-17-/t16?,18?,25-/m1/s1. The maximum absolute atomic E-state index is 13.8. The van der Waals surface area contributed by atoms with Crippen molar-refractivity contribution in [2.24, 2.45) is 10.9 Å². The number of nitrogens with one attached hydrogen (secondary N) is 1. The summed E-state index contributed by atoms with van der Waals surface area (Å²) in [7, 11) is 0. The molecule has 1 aromatic carbocycles. The lowest BCUT2D eigenvalue weighted by molar-refractivity contribution is -0.161. The fourth-order valence-electron chi connectivity index (χ4n) is 5.38. The zero-order valence-corrected chi connectivity index (χ0v) is 28.8. The molecule has 0 radical (unpaired) electrons. The molecule has 3 aromatic rings. The third-order valence-corrected chi connectivity index (χ3v) is 10.1. The van der Waals surface area contributed by atoms with E-state index in [0.29, 0.717) is 0 Å².